The normalized spacial score (nSPS) is 11.5. The van der Waals surface area contributed by atoms with Crippen molar-refractivity contribution in [1.29, 1.82) is 0 Å². The minimum Gasteiger partial charge on any atom is -0.394 e. The fourth-order valence-electron chi connectivity index (χ4n) is 2.33. The summed E-state index contributed by atoms with van der Waals surface area (Å²) in [6.07, 6.45) is 12.8. The second-order valence-corrected chi connectivity index (χ2v) is 6.22. The van der Waals surface area contributed by atoms with Crippen molar-refractivity contribution in [3.05, 3.63) is 0 Å². The van der Waals surface area contributed by atoms with E-state index in [1.807, 2.05) is 0 Å². The highest BCUT2D eigenvalue weighted by atomic mass is 35.5. The van der Waals surface area contributed by atoms with E-state index >= 15 is 0 Å². The van der Waals surface area contributed by atoms with Crippen molar-refractivity contribution >= 4 is 12.4 Å². The average molecular weight is 340 g/mol. The molecule has 0 aromatic rings. The molecule has 0 rings (SSSR count). The lowest BCUT2D eigenvalue weighted by atomic mass is 9.95. The van der Waals surface area contributed by atoms with Gasteiger partial charge in [-0.05, 0) is 19.3 Å². The minimum atomic E-state index is -0.797. The Kier molecular flexibility index (Phi) is 19.4. The van der Waals surface area contributed by atoms with Gasteiger partial charge in [-0.25, -0.2) is 0 Å². The number of ether oxygens (including phenoxy) is 1. The first kappa shape index (κ1) is 24.4. The van der Waals surface area contributed by atoms with Crippen molar-refractivity contribution in [2.75, 3.05) is 26.4 Å². The Morgan fingerprint density at radius 1 is 0.773 bits per heavy atom. The van der Waals surface area contributed by atoms with Gasteiger partial charge in [0.05, 0.1) is 18.8 Å². The number of rotatable bonds is 16. The van der Waals surface area contributed by atoms with Gasteiger partial charge in [0, 0.05) is 13.2 Å². The Balaban J connectivity index is 0. The minimum absolute atomic E-state index is 0. The maximum absolute atomic E-state index is 9.07. The van der Waals surface area contributed by atoms with E-state index in [-0.39, 0.29) is 25.6 Å². The first-order valence-electron chi connectivity index (χ1n) is 8.77. The predicted octanol–water partition coefficient (Wildman–Crippen LogP) is 3.42. The second-order valence-electron chi connectivity index (χ2n) is 6.22. The zero-order chi connectivity index (χ0) is 15.8. The van der Waals surface area contributed by atoms with E-state index in [9.17, 15) is 0 Å². The van der Waals surface area contributed by atoms with Crippen LogP contribution in [0.4, 0.5) is 0 Å². The molecule has 0 radical (unpaired) electrons. The van der Waals surface area contributed by atoms with Crippen LogP contribution < -0.4 is 5.73 Å². The van der Waals surface area contributed by atoms with Crippen molar-refractivity contribution in [2.45, 2.75) is 83.1 Å². The van der Waals surface area contributed by atoms with Crippen LogP contribution in [0.1, 0.15) is 77.6 Å². The molecule has 0 aliphatic rings. The predicted molar refractivity (Wildman–Crippen MR) is 95.6 cm³/mol. The number of halogens is 1. The van der Waals surface area contributed by atoms with E-state index in [0.29, 0.717) is 6.42 Å². The van der Waals surface area contributed by atoms with Crippen molar-refractivity contribution in [3.8, 4) is 0 Å². The summed E-state index contributed by atoms with van der Waals surface area (Å²) in [6.45, 7) is 3.69. The first-order chi connectivity index (χ1) is 10.2. The van der Waals surface area contributed by atoms with E-state index < -0.39 is 5.54 Å². The van der Waals surface area contributed by atoms with Crippen LogP contribution in [0, 0.1) is 0 Å². The molecule has 0 fully saturated rings. The Hall–Kier alpha value is 0.130. The van der Waals surface area contributed by atoms with E-state index in [4.69, 9.17) is 20.7 Å². The fraction of sp³-hybridized carbons (Fsp3) is 1.00. The quantitative estimate of drug-likeness (QED) is 0.377. The molecule has 4 N–H and O–H groups in total. The van der Waals surface area contributed by atoms with Crippen LogP contribution in [-0.4, -0.2) is 42.2 Å². The van der Waals surface area contributed by atoms with E-state index in [2.05, 4.69) is 6.92 Å². The summed E-state index contributed by atoms with van der Waals surface area (Å²) in [5.74, 6) is 0. The monoisotopic (exact) mass is 339 g/mol. The maximum Gasteiger partial charge on any atom is 0.0633 e. The highest BCUT2D eigenvalue weighted by Gasteiger charge is 2.21. The van der Waals surface area contributed by atoms with Gasteiger partial charge in [-0.2, -0.15) is 0 Å². The standard InChI is InChI=1S/C17H37NO3.ClH/c1-2-3-4-5-7-10-13-21-14-11-8-6-9-12-17(18,15-19)16-20;/h19-20H,2-16,18H2,1H3;1H. The van der Waals surface area contributed by atoms with Crippen LogP contribution in [0.15, 0.2) is 0 Å². The van der Waals surface area contributed by atoms with Gasteiger partial charge in [-0.1, -0.05) is 58.3 Å². The topological polar surface area (TPSA) is 75.7 Å². The third-order valence-electron chi connectivity index (χ3n) is 3.99. The van der Waals surface area contributed by atoms with Gasteiger partial charge >= 0.3 is 0 Å². The Bertz CT molecular complexity index is 214. The Morgan fingerprint density at radius 2 is 1.23 bits per heavy atom. The van der Waals surface area contributed by atoms with Crippen molar-refractivity contribution in [2.24, 2.45) is 5.73 Å². The number of aliphatic hydroxyl groups excluding tert-OH is 2. The van der Waals surface area contributed by atoms with Crippen molar-refractivity contribution in [3.63, 3.8) is 0 Å². The van der Waals surface area contributed by atoms with Gasteiger partial charge in [0.1, 0.15) is 0 Å². The zero-order valence-electron chi connectivity index (χ0n) is 14.4. The highest BCUT2D eigenvalue weighted by Crippen LogP contribution is 2.12. The molecule has 0 aromatic heterocycles. The van der Waals surface area contributed by atoms with Crippen LogP contribution >= 0.6 is 12.4 Å². The van der Waals surface area contributed by atoms with E-state index in [0.717, 1.165) is 38.9 Å². The third-order valence-corrected chi connectivity index (χ3v) is 3.99. The van der Waals surface area contributed by atoms with Gasteiger partial charge < -0.3 is 20.7 Å². The average Bonchev–Trinajstić information content (AvgIpc) is 2.51. The van der Waals surface area contributed by atoms with Gasteiger partial charge in [-0.3, -0.25) is 0 Å². The van der Waals surface area contributed by atoms with Gasteiger partial charge in [-0.15, -0.1) is 12.4 Å². The highest BCUT2D eigenvalue weighted by molar-refractivity contribution is 5.85. The molecule has 0 saturated heterocycles. The molecule has 0 atom stereocenters. The molecular weight excluding hydrogens is 302 g/mol. The van der Waals surface area contributed by atoms with Crippen LogP contribution in [0.25, 0.3) is 0 Å². The first-order valence-corrected chi connectivity index (χ1v) is 8.77. The van der Waals surface area contributed by atoms with Crippen LogP contribution in [0.3, 0.4) is 0 Å². The summed E-state index contributed by atoms with van der Waals surface area (Å²) in [5.41, 5.74) is 5.01. The maximum atomic E-state index is 9.07. The molecule has 136 valence electrons. The molecule has 0 aliphatic heterocycles. The molecule has 0 aliphatic carbocycles. The summed E-state index contributed by atoms with van der Waals surface area (Å²) < 4.78 is 5.63. The summed E-state index contributed by atoms with van der Waals surface area (Å²) >= 11 is 0. The molecule has 0 heterocycles. The smallest absolute Gasteiger partial charge is 0.0633 e. The number of hydrogen-bond acceptors (Lipinski definition) is 4. The van der Waals surface area contributed by atoms with Crippen LogP contribution in [0.5, 0.6) is 0 Å². The summed E-state index contributed by atoms with van der Waals surface area (Å²) in [7, 11) is 0. The number of hydrogen-bond donors (Lipinski definition) is 3. The number of aliphatic hydroxyl groups is 2. The van der Waals surface area contributed by atoms with Gasteiger partial charge in [0.2, 0.25) is 0 Å². The molecule has 4 nitrogen and oxygen atoms in total. The van der Waals surface area contributed by atoms with Crippen molar-refractivity contribution in [1.82, 2.24) is 0 Å². The molecule has 5 heteroatoms. The van der Waals surface area contributed by atoms with E-state index in [1.54, 1.807) is 0 Å². The molecule has 0 amide bonds. The Labute approximate surface area is 143 Å². The molecule has 22 heavy (non-hydrogen) atoms. The molecule has 0 bridgehead atoms. The second kappa shape index (κ2) is 17.5. The van der Waals surface area contributed by atoms with Crippen LogP contribution in [0.2, 0.25) is 0 Å². The van der Waals surface area contributed by atoms with Crippen LogP contribution in [-0.2, 0) is 4.74 Å². The van der Waals surface area contributed by atoms with Crippen molar-refractivity contribution < 1.29 is 14.9 Å². The lowest BCUT2D eigenvalue weighted by Gasteiger charge is -2.24. The van der Waals surface area contributed by atoms with Gasteiger partial charge in [0.25, 0.3) is 0 Å². The van der Waals surface area contributed by atoms with E-state index in [1.165, 1.54) is 38.5 Å². The molecular formula is C17H38ClNO3. The number of unbranched alkanes of at least 4 members (excludes halogenated alkanes) is 8. The Morgan fingerprint density at radius 3 is 1.73 bits per heavy atom. The largest absolute Gasteiger partial charge is 0.394 e. The summed E-state index contributed by atoms with van der Waals surface area (Å²) in [4.78, 5) is 0. The zero-order valence-corrected chi connectivity index (χ0v) is 15.2. The fourth-order valence-corrected chi connectivity index (χ4v) is 2.33. The molecule has 0 aromatic carbocycles. The summed E-state index contributed by atoms with van der Waals surface area (Å²) in [6, 6.07) is 0. The molecule has 0 unspecified atom stereocenters. The number of nitrogens with two attached hydrogens (primary N) is 1. The third kappa shape index (κ3) is 15.0. The lowest BCUT2D eigenvalue weighted by molar-refractivity contribution is 0.110. The molecule has 0 saturated carbocycles. The summed E-state index contributed by atoms with van der Waals surface area (Å²) in [5, 5.41) is 18.1. The lowest BCUT2D eigenvalue weighted by Crippen LogP contribution is -2.47. The van der Waals surface area contributed by atoms with Gasteiger partial charge in [0.15, 0.2) is 0 Å². The SMILES string of the molecule is CCCCCCCCOCCCCCCC(N)(CO)CO.Cl. The molecule has 0 spiro atoms.